The van der Waals surface area contributed by atoms with Crippen LogP contribution < -0.4 is 0 Å². The lowest BCUT2D eigenvalue weighted by Crippen LogP contribution is -2.16. The van der Waals surface area contributed by atoms with Crippen molar-refractivity contribution in [3.8, 4) is 12.0 Å². The summed E-state index contributed by atoms with van der Waals surface area (Å²) in [7, 11) is -3.78. The average Bonchev–Trinajstić information content (AvgIpc) is 2.42. The van der Waals surface area contributed by atoms with Crippen LogP contribution in [-0.4, -0.2) is 53.8 Å². The van der Waals surface area contributed by atoms with Gasteiger partial charge in [-0.05, 0) is 11.3 Å². The Morgan fingerprint density at radius 3 is 2.10 bits per heavy atom. The molecule has 0 spiro atoms. The van der Waals surface area contributed by atoms with Gasteiger partial charge >= 0.3 is 10.1 Å². The molecule has 0 fully saturated rings. The summed E-state index contributed by atoms with van der Waals surface area (Å²) in [5.41, 5.74) is 0. The molecule has 0 rings (SSSR count). The van der Waals surface area contributed by atoms with E-state index in [1.807, 2.05) is 6.92 Å². The van der Waals surface area contributed by atoms with Crippen LogP contribution >= 0.6 is 0 Å². The highest BCUT2D eigenvalue weighted by atomic mass is 32.2. The maximum Gasteiger partial charge on any atom is 0.306 e. The monoisotopic (exact) mass is 310 g/mol. The molecule has 0 atom stereocenters. The van der Waals surface area contributed by atoms with Gasteiger partial charge in [-0.2, -0.15) is 8.42 Å². The minimum atomic E-state index is -3.78. The molecule has 0 aliphatic heterocycles. The smallest absolute Gasteiger partial charge is 0.306 e. The normalized spacial score (nSPS) is 10.9. The highest BCUT2D eigenvalue weighted by Gasteiger charge is 2.12. The molecule has 20 heavy (non-hydrogen) atoms. The maximum absolute atomic E-state index is 11.3. The molecule has 0 aromatic heterocycles. The minimum absolute atomic E-state index is 0.00171. The van der Waals surface area contributed by atoms with Crippen molar-refractivity contribution < 1.29 is 31.8 Å². The number of ether oxygens (including phenoxy) is 3. The molecule has 0 saturated carbocycles. The van der Waals surface area contributed by atoms with Gasteiger partial charge in [0.1, 0.15) is 5.75 Å². The van der Waals surface area contributed by atoms with E-state index < -0.39 is 10.1 Å². The van der Waals surface area contributed by atoms with E-state index in [1.165, 1.54) is 0 Å². The van der Waals surface area contributed by atoms with Crippen LogP contribution in [-0.2, 0) is 33.6 Å². The summed E-state index contributed by atoms with van der Waals surface area (Å²) >= 11 is 0. The van der Waals surface area contributed by atoms with Gasteiger partial charge in [0.05, 0.1) is 33.0 Å². The molecule has 7 nitrogen and oxygen atoms in total. The van der Waals surface area contributed by atoms with Crippen molar-refractivity contribution in [1.29, 1.82) is 0 Å². The Labute approximate surface area is 120 Å². The van der Waals surface area contributed by atoms with Gasteiger partial charge < -0.3 is 14.2 Å². The number of rotatable bonds is 12. The molecule has 0 N–H and O–H groups in total. The first-order valence-corrected chi connectivity index (χ1v) is 7.99. The second-order valence-corrected chi connectivity index (χ2v) is 5.13. The van der Waals surface area contributed by atoms with Crippen LogP contribution in [0.15, 0.2) is 0 Å². The Hall–Kier alpha value is -0.850. The molecule has 0 aromatic carbocycles. The molecule has 8 heteroatoms. The standard InChI is InChI=1S/C12H22O7S/c1-3-5-6-18-19-20(13,14)12-11-17-10-9-16-8-7-15-4-2/h3-4,7-12H2,1-2H3. The lowest BCUT2D eigenvalue weighted by Gasteiger charge is -2.05. The first-order chi connectivity index (χ1) is 9.62. The van der Waals surface area contributed by atoms with E-state index in [9.17, 15) is 8.42 Å². The fourth-order valence-corrected chi connectivity index (χ4v) is 1.48. The third kappa shape index (κ3) is 13.6. The first kappa shape index (κ1) is 19.1. The molecule has 0 aliphatic rings. The zero-order valence-electron chi connectivity index (χ0n) is 11.9. The van der Waals surface area contributed by atoms with Crippen molar-refractivity contribution in [2.24, 2.45) is 0 Å². The SMILES string of the molecule is CCC#COOS(=O)(=O)CCOCCOCCOCC. The van der Waals surface area contributed by atoms with Crippen molar-refractivity contribution in [3.05, 3.63) is 0 Å². The quantitative estimate of drug-likeness (QED) is 0.227. The molecule has 0 aromatic rings. The highest BCUT2D eigenvalue weighted by Crippen LogP contribution is 1.94. The lowest BCUT2D eigenvalue weighted by molar-refractivity contribution is -0.127. The zero-order chi connectivity index (χ0) is 15.1. The van der Waals surface area contributed by atoms with E-state index in [0.717, 1.165) is 0 Å². The van der Waals surface area contributed by atoms with Crippen molar-refractivity contribution in [2.75, 3.05) is 45.4 Å². The molecular weight excluding hydrogens is 288 g/mol. The molecule has 0 saturated heterocycles. The van der Waals surface area contributed by atoms with Crippen molar-refractivity contribution in [1.82, 2.24) is 0 Å². The van der Waals surface area contributed by atoms with Crippen LogP contribution in [0.25, 0.3) is 0 Å². The maximum atomic E-state index is 11.3. The van der Waals surface area contributed by atoms with Gasteiger partial charge in [0.25, 0.3) is 0 Å². The van der Waals surface area contributed by atoms with Crippen molar-refractivity contribution in [2.45, 2.75) is 20.3 Å². The van der Waals surface area contributed by atoms with E-state index in [-0.39, 0.29) is 12.4 Å². The summed E-state index contributed by atoms with van der Waals surface area (Å²) in [4.78, 5) is 4.23. The Bertz CT molecular complexity index is 369. The Morgan fingerprint density at radius 1 is 0.900 bits per heavy atom. The predicted molar refractivity (Wildman–Crippen MR) is 72.2 cm³/mol. The van der Waals surface area contributed by atoms with Gasteiger partial charge in [0.15, 0.2) is 6.11 Å². The predicted octanol–water partition coefficient (Wildman–Crippen LogP) is 0.705. The largest absolute Gasteiger partial charge is 0.379 e. The first-order valence-electron chi connectivity index (χ1n) is 6.41. The molecule has 0 heterocycles. The highest BCUT2D eigenvalue weighted by molar-refractivity contribution is 7.86. The van der Waals surface area contributed by atoms with Crippen LogP contribution in [0.3, 0.4) is 0 Å². The molecule has 0 amide bonds. The Kier molecular flexibility index (Phi) is 12.6. The van der Waals surface area contributed by atoms with Crippen LogP contribution in [0.1, 0.15) is 20.3 Å². The van der Waals surface area contributed by atoms with E-state index in [4.69, 9.17) is 14.2 Å². The van der Waals surface area contributed by atoms with Gasteiger partial charge in [-0.15, -0.1) is 0 Å². The van der Waals surface area contributed by atoms with Gasteiger partial charge in [-0.1, -0.05) is 12.8 Å². The third-order valence-electron chi connectivity index (χ3n) is 1.85. The van der Waals surface area contributed by atoms with Crippen molar-refractivity contribution >= 4 is 10.1 Å². The summed E-state index contributed by atoms with van der Waals surface area (Å²) in [5.74, 6) is 2.20. The van der Waals surface area contributed by atoms with Crippen LogP contribution in [0.4, 0.5) is 0 Å². The Morgan fingerprint density at radius 2 is 1.50 bits per heavy atom. The zero-order valence-corrected chi connectivity index (χ0v) is 12.7. The Balaban J connectivity index is 3.44. The summed E-state index contributed by atoms with van der Waals surface area (Å²) < 4.78 is 42.0. The number of hydrogen-bond donors (Lipinski definition) is 0. The molecule has 0 unspecified atom stereocenters. The molecule has 118 valence electrons. The topological polar surface area (TPSA) is 80.3 Å². The van der Waals surface area contributed by atoms with Crippen LogP contribution in [0.5, 0.6) is 0 Å². The molecule has 0 bridgehead atoms. The van der Waals surface area contributed by atoms with Gasteiger partial charge in [0.2, 0.25) is 0 Å². The van der Waals surface area contributed by atoms with Gasteiger partial charge in [-0.3, -0.25) is 4.89 Å². The minimum Gasteiger partial charge on any atom is -0.379 e. The van der Waals surface area contributed by atoms with E-state index in [1.54, 1.807) is 6.92 Å². The molecule has 0 radical (unpaired) electrons. The van der Waals surface area contributed by atoms with E-state index in [0.29, 0.717) is 39.5 Å². The van der Waals surface area contributed by atoms with E-state index in [2.05, 4.69) is 21.2 Å². The second kappa shape index (κ2) is 13.1. The summed E-state index contributed by atoms with van der Waals surface area (Å²) in [6, 6.07) is 0. The third-order valence-corrected chi connectivity index (χ3v) is 2.80. The molecular formula is C12H22O7S. The number of hydrogen-bond acceptors (Lipinski definition) is 7. The average molecular weight is 310 g/mol. The van der Waals surface area contributed by atoms with Gasteiger partial charge in [0, 0.05) is 13.0 Å². The van der Waals surface area contributed by atoms with Crippen molar-refractivity contribution in [3.63, 3.8) is 0 Å². The van der Waals surface area contributed by atoms with Gasteiger partial charge in [-0.25, -0.2) is 0 Å². The lowest BCUT2D eigenvalue weighted by atomic mass is 10.5. The van der Waals surface area contributed by atoms with Crippen LogP contribution in [0.2, 0.25) is 0 Å². The van der Waals surface area contributed by atoms with E-state index >= 15 is 0 Å². The van der Waals surface area contributed by atoms with Crippen LogP contribution in [0, 0.1) is 12.0 Å². The summed E-state index contributed by atoms with van der Waals surface area (Å²) in [5, 5.41) is 0. The second-order valence-electron chi connectivity index (χ2n) is 3.47. The fourth-order valence-electron chi connectivity index (χ4n) is 0.950. The summed E-state index contributed by atoms with van der Waals surface area (Å²) in [6.07, 6.45) is 2.65. The fraction of sp³-hybridized carbons (Fsp3) is 0.833. The summed E-state index contributed by atoms with van der Waals surface area (Å²) in [6.45, 7) is 6.07. The molecule has 0 aliphatic carbocycles.